The fourth-order valence-corrected chi connectivity index (χ4v) is 4.10. The van der Waals surface area contributed by atoms with Gasteiger partial charge >= 0.3 is 5.97 Å². The van der Waals surface area contributed by atoms with Crippen LogP contribution < -0.4 is 21.7 Å². The van der Waals surface area contributed by atoms with E-state index >= 15 is 0 Å². The van der Waals surface area contributed by atoms with Crippen molar-refractivity contribution in [2.24, 2.45) is 11.7 Å². The molecule has 1 aromatic carbocycles. The number of aromatic nitrogens is 4. The number of nitrogens with two attached hydrogens (primary N) is 1. The minimum Gasteiger partial charge on any atom is -0.480 e. The van der Waals surface area contributed by atoms with Gasteiger partial charge in [0.15, 0.2) is 0 Å². The van der Waals surface area contributed by atoms with Crippen LogP contribution in [-0.4, -0.2) is 72.9 Å². The first-order chi connectivity index (χ1) is 19.2. The van der Waals surface area contributed by atoms with Crippen LogP contribution in [0.15, 0.2) is 55.4 Å². The van der Waals surface area contributed by atoms with Crippen LogP contribution in [0.3, 0.4) is 0 Å². The Kier molecular flexibility index (Phi) is 10.9. The molecule has 40 heavy (non-hydrogen) atoms. The maximum atomic E-state index is 13.5. The van der Waals surface area contributed by atoms with Crippen molar-refractivity contribution in [1.82, 2.24) is 35.9 Å². The third kappa shape index (κ3) is 8.76. The van der Waals surface area contributed by atoms with E-state index < -0.39 is 47.9 Å². The Hall–Kier alpha value is -4.52. The lowest BCUT2D eigenvalue weighted by Crippen LogP contribution is -2.58. The van der Waals surface area contributed by atoms with E-state index in [9.17, 15) is 24.3 Å². The van der Waals surface area contributed by atoms with Crippen molar-refractivity contribution < 1.29 is 24.3 Å². The number of hydrogen-bond acceptors (Lipinski definition) is 7. The van der Waals surface area contributed by atoms with Gasteiger partial charge in [-0.2, -0.15) is 0 Å². The summed E-state index contributed by atoms with van der Waals surface area (Å²) in [4.78, 5) is 65.3. The molecule has 0 aliphatic carbocycles. The molecule has 0 spiro atoms. The molecule has 0 saturated carbocycles. The number of aromatic amines is 2. The summed E-state index contributed by atoms with van der Waals surface area (Å²) in [6.45, 7) is 3.56. The third-order valence-corrected chi connectivity index (χ3v) is 6.64. The summed E-state index contributed by atoms with van der Waals surface area (Å²) < 4.78 is 0. The van der Waals surface area contributed by atoms with E-state index in [4.69, 9.17) is 5.73 Å². The van der Waals surface area contributed by atoms with Gasteiger partial charge in [-0.3, -0.25) is 14.4 Å². The number of nitrogens with one attached hydrogen (secondary N) is 5. The molecule has 5 atom stereocenters. The standard InChI is InChI=1S/C27H36N8O5/c1-3-16(2)23(27(39)40)35-26(38)21(9-17-7-5-4-6-8-17)34-25(37)22(11-19-13-30-15-32-19)33-24(36)20(28)10-18-12-29-14-31-18/h4-8,12-16,20-23H,3,9-11,28H2,1-2H3,(H,29,31)(H,30,32)(H,33,36)(H,34,37)(H,35,38)(H,39,40). The fraction of sp³-hybridized carbons (Fsp3) is 0.407. The number of carboxylic acids is 1. The van der Waals surface area contributed by atoms with E-state index in [2.05, 4.69) is 35.9 Å². The number of carboxylic acid groups (broad SMARTS) is 1. The quantitative estimate of drug-likeness (QED) is 0.137. The summed E-state index contributed by atoms with van der Waals surface area (Å²) in [5, 5.41) is 17.6. The molecule has 0 radical (unpaired) electrons. The molecule has 3 aromatic rings. The molecule has 214 valence electrons. The summed E-state index contributed by atoms with van der Waals surface area (Å²) in [6.07, 6.45) is 6.87. The van der Waals surface area contributed by atoms with E-state index in [1.54, 1.807) is 37.4 Å². The van der Waals surface area contributed by atoms with Gasteiger partial charge in [-0.15, -0.1) is 0 Å². The second-order valence-corrected chi connectivity index (χ2v) is 9.69. The molecule has 2 aromatic heterocycles. The maximum Gasteiger partial charge on any atom is 0.326 e. The number of aliphatic carboxylic acids is 1. The molecular formula is C27H36N8O5. The zero-order valence-corrected chi connectivity index (χ0v) is 22.5. The third-order valence-electron chi connectivity index (χ3n) is 6.64. The van der Waals surface area contributed by atoms with Gasteiger partial charge in [0.05, 0.1) is 18.7 Å². The van der Waals surface area contributed by atoms with Gasteiger partial charge in [0.2, 0.25) is 17.7 Å². The average molecular weight is 553 g/mol. The Morgan fingerprint density at radius 1 is 0.850 bits per heavy atom. The molecule has 13 nitrogen and oxygen atoms in total. The van der Waals surface area contributed by atoms with Crippen LogP contribution in [0.2, 0.25) is 0 Å². The van der Waals surface area contributed by atoms with Crippen LogP contribution in [0.5, 0.6) is 0 Å². The monoisotopic (exact) mass is 552 g/mol. The van der Waals surface area contributed by atoms with Crippen molar-refractivity contribution in [3.63, 3.8) is 0 Å². The molecule has 0 aliphatic rings. The van der Waals surface area contributed by atoms with E-state index in [0.29, 0.717) is 17.8 Å². The zero-order valence-electron chi connectivity index (χ0n) is 22.5. The lowest BCUT2D eigenvalue weighted by Gasteiger charge is -2.26. The summed E-state index contributed by atoms with van der Waals surface area (Å²) >= 11 is 0. The number of carbonyl (C=O) groups is 4. The van der Waals surface area contributed by atoms with E-state index in [0.717, 1.165) is 5.56 Å². The highest BCUT2D eigenvalue weighted by atomic mass is 16.4. The minimum absolute atomic E-state index is 0.0542. The van der Waals surface area contributed by atoms with Gasteiger partial charge in [-0.25, -0.2) is 14.8 Å². The predicted molar refractivity (Wildman–Crippen MR) is 146 cm³/mol. The predicted octanol–water partition coefficient (Wildman–Crippen LogP) is 0.0731. The van der Waals surface area contributed by atoms with Crippen LogP contribution in [0.1, 0.15) is 37.2 Å². The second kappa shape index (κ2) is 14.6. The normalized spacial score (nSPS) is 14.8. The highest BCUT2D eigenvalue weighted by Gasteiger charge is 2.32. The maximum absolute atomic E-state index is 13.5. The topological polar surface area (TPSA) is 208 Å². The molecule has 2 heterocycles. The van der Waals surface area contributed by atoms with Gasteiger partial charge in [0.25, 0.3) is 0 Å². The van der Waals surface area contributed by atoms with E-state index in [1.807, 2.05) is 13.0 Å². The van der Waals surface area contributed by atoms with Gasteiger partial charge < -0.3 is 36.8 Å². The molecule has 0 saturated heterocycles. The van der Waals surface area contributed by atoms with Gasteiger partial charge in [0.1, 0.15) is 18.1 Å². The minimum atomic E-state index is -1.16. The molecule has 3 rings (SSSR count). The largest absolute Gasteiger partial charge is 0.480 e. The Morgan fingerprint density at radius 3 is 1.95 bits per heavy atom. The Morgan fingerprint density at radius 2 is 1.40 bits per heavy atom. The second-order valence-electron chi connectivity index (χ2n) is 9.69. The van der Waals surface area contributed by atoms with Crippen molar-refractivity contribution in [1.29, 1.82) is 0 Å². The van der Waals surface area contributed by atoms with Gasteiger partial charge in [-0.05, 0) is 11.5 Å². The number of benzene rings is 1. The molecule has 0 aliphatic heterocycles. The van der Waals surface area contributed by atoms with Crippen LogP contribution in [-0.2, 0) is 38.4 Å². The first-order valence-corrected chi connectivity index (χ1v) is 13.1. The lowest BCUT2D eigenvalue weighted by molar-refractivity contribution is -0.143. The summed E-state index contributed by atoms with van der Waals surface area (Å²) in [5.41, 5.74) is 8.07. The number of imidazole rings is 2. The van der Waals surface area contributed by atoms with Gasteiger partial charge in [-0.1, -0.05) is 50.6 Å². The van der Waals surface area contributed by atoms with Crippen LogP contribution in [0, 0.1) is 5.92 Å². The highest BCUT2D eigenvalue weighted by Crippen LogP contribution is 2.11. The Balaban J connectivity index is 1.80. The van der Waals surface area contributed by atoms with E-state index in [-0.39, 0.29) is 25.2 Å². The van der Waals surface area contributed by atoms with E-state index in [1.165, 1.54) is 18.9 Å². The number of amides is 3. The van der Waals surface area contributed by atoms with Gasteiger partial charge in [0, 0.05) is 43.0 Å². The number of rotatable bonds is 15. The average Bonchev–Trinajstić information content (AvgIpc) is 3.65. The number of carbonyl (C=O) groups excluding carboxylic acids is 3. The molecule has 3 amide bonds. The van der Waals surface area contributed by atoms with Crippen molar-refractivity contribution in [2.75, 3.05) is 0 Å². The first kappa shape index (κ1) is 30.0. The van der Waals surface area contributed by atoms with Crippen molar-refractivity contribution in [3.05, 3.63) is 72.3 Å². The van der Waals surface area contributed by atoms with Crippen LogP contribution >= 0.6 is 0 Å². The summed E-state index contributed by atoms with van der Waals surface area (Å²) in [5.74, 6) is -3.35. The molecular weight excluding hydrogens is 516 g/mol. The lowest BCUT2D eigenvalue weighted by atomic mass is 9.98. The van der Waals surface area contributed by atoms with Crippen molar-refractivity contribution in [2.45, 2.75) is 63.7 Å². The molecule has 13 heteroatoms. The number of H-pyrrole nitrogens is 2. The fourth-order valence-electron chi connectivity index (χ4n) is 4.10. The first-order valence-electron chi connectivity index (χ1n) is 13.1. The summed E-state index contributed by atoms with van der Waals surface area (Å²) in [6, 6.07) is 4.71. The van der Waals surface area contributed by atoms with Crippen LogP contribution in [0.4, 0.5) is 0 Å². The summed E-state index contributed by atoms with van der Waals surface area (Å²) in [7, 11) is 0. The molecule has 0 bridgehead atoms. The van der Waals surface area contributed by atoms with Crippen molar-refractivity contribution in [3.8, 4) is 0 Å². The number of hydrogen-bond donors (Lipinski definition) is 7. The molecule has 0 fully saturated rings. The smallest absolute Gasteiger partial charge is 0.326 e. The SMILES string of the molecule is CCC(C)C(NC(=O)C(Cc1ccccc1)NC(=O)C(Cc1cnc[nH]1)NC(=O)C(N)Cc1cnc[nH]1)C(=O)O. The van der Waals surface area contributed by atoms with Crippen molar-refractivity contribution >= 4 is 23.7 Å². The zero-order chi connectivity index (χ0) is 29.1. The molecule has 5 unspecified atom stereocenters. The molecule has 8 N–H and O–H groups in total. The highest BCUT2D eigenvalue weighted by molar-refractivity contribution is 5.94. The Labute approximate surface area is 231 Å². The number of nitrogens with zero attached hydrogens (tertiary/aromatic N) is 2. The Bertz CT molecular complexity index is 1230. The van der Waals surface area contributed by atoms with Crippen LogP contribution in [0.25, 0.3) is 0 Å².